The Morgan fingerprint density at radius 2 is 1.33 bits per heavy atom. The van der Waals surface area contributed by atoms with E-state index in [4.69, 9.17) is 9.47 Å². The van der Waals surface area contributed by atoms with Crippen molar-refractivity contribution < 1.29 is 29.9 Å². The summed E-state index contributed by atoms with van der Waals surface area (Å²) in [6.45, 7) is 0. The van der Waals surface area contributed by atoms with E-state index >= 15 is 0 Å². The molecule has 0 N–H and O–H groups in total. The minimum absolute atomic E-state index is 0. The summed E-state index contributed by atoms with van der Waals surface area (Å²) in [6, 6.07) is 37.4. The average Bonchev–Trinajstić information content (AvgIpc) is 3.51. The second-order valence-electron chi connectivity index (χ2n) is 8.02. The minimum Gasteiger partial charge on any atom is -0.501 e. The quantitative estimate of drug-likeness (QED) is 0.142. The van der Waals surface area contributed by atoms with Crippen molar-refractivity contribution in [1.82, 2.24) is 24.7 Å². The third-order valence-electron chi connectivity index (χ3n) is 5.45. The molecule has 0 spiro atoms. The molecule has 3 aromatic carbocycles. The first-order chi connectivity index (χ1) is 18.8. The molecule has 0 amide bonds. The van der Waals surface area contributed by atoms with E-state index in [9.17, 15) is 0 Å². The topological polar surface area (TPSA) is 78.2 Å². The van der Waals surface area contributed by atoms with Crippen LogP contribution < -0.4 is 14.4 Å². The fourth-order valence-electron chi connectivity index (χ4n) is 3.83. The third-order valence-corrected chi connectivity index (χ3v) is 5.45. The molecule has 0 fully saturated rings. The van der Waals surface area contributed by atoms with Crippen molar-refractivity contribution in [2.24, 2.45) is 0 Å². The van der Waals surface area contributed by atoms with E-state index in [1.807, 2.05) is 84.9 Å². The first-order valence-electron chi connectivity index (χ1n) is 11.8. The molecule has 0 radical (unpaired) electrons. The van der Waals surface area contributed by atoms with Gasteiger partial charge in [0.1, 0.15) is 6.33 Å². The van der Waals surface area contributed by atoms with Crippen molar-refractivity contribution in [3.63, 3.8) is 0 Å². The van der Waals surface area contributed by atoms with E-state index in [1.54, 1.807) is 35.4 Å². The summed E-state index contributed by atoms with van der Waals surface area (Å²) in [5.41, 5.74) is 2.73. The van der Waals surface area contributed by atoms with Crippen LogP contribution in [0.3, 0.4) is 0 Å². The van der Waals surface area contributed by atoms with Crippen LogP contribution in [-0.4, -0.2) is 24.7 Å². The number of anilines is 3. The minimum atomic E-state index is 0. The van der Waals surface area contributed by atoms with Gasteiger partial charge in [0.05, 0.1) is 0 Å². The number of hydrogen-bond acceptors (Lipinski definition) is 7. The van der Waals surface area contributed by atoms with Gasteiger partial charge in [0.25, 0.3) is 0 Å². The molecule has 8 nitrogen and oxygen atoms in total. The molecule has 0 saturated heterocycles. The summed E-state index contributed by atoms with van der Waals surface area (Å²) in [5.74, 6) is 1.92. The van der Waals surface area contributed by atoms with Crippen molar-refractivity contribution in [2.75, 3.05) is 4.90 Å². The van der Waals surface area contributed by atoms with Crippen LogP contribution in [0.2, 0.25) is 0 Å². The van der Waals surface area contributed by atoms with Crippen LogP contribution in [0, 0.1) is 12.1 Å². The van der Waals surface area contributed by atoms with Crippen molar-refractivity contribution in [3.05, 3.63) is 134 Å². The molecule has 6 aromatic rings. The van der Waals surface area contributed by atoms with Gasteiger partial charge < -0.3 is 20.4 Å². The summed E-state index contributed by atoms with van der Waals surface area (Å²) in [5, 5.41) is 4.20. The molecule has 0 atom stereocenters. The average molecular weight is 603 g/mol. The largest absolute Gasteiger partial charge is 2.00 e. The van der Waals surface area contributed by atoms with Gasteiger partial charge in [-0.3, -0.25) is 9.67 Å². The first kappa shape index (κ1) is 25.8. The normalized spacial score (nSPS) is 10.4. The zero-order valence-corrected chi connectivity index (χ0v) is 21.9. The number of aromatic nitrogens is 5. The van der Waals surface area contributed by atoms with E-state index < -0.39 is 0 Å². The zero-order chi connectivity index (χ0) is 25.6. The Kier molecular flexibility index (Phi) is 8.03. The third kappa shape index (κ3) is 6.18. The maximum atomic E-state index is 6.13. The second-order valence-corrected chi connectivity index (χ2v) is 8.02. The van der Waals surface area contributed by atoms with Crippen molar-refractivity contribution in [1.29, 1.82) is 0 Å². The molecule has 0 aliphatic heterocycles. The Bertz CT molecular complexity index is 1580. The summed E-state index contributed by atoms with van der Waals surface area (Å²) in [7, 11) is 0. The van der Waals surface area contributed by atoms with E-state index in [-0.39, 0.29) is 26.3 Å². The van der Waals surface area contributed by atoms with E-state index in [0.29, 0.717) is 23.2 Å². The van der Waals surface area contributed by atoms with Crippen LogP contribution in [0.15, 0.2) is 122 Å². The maximum absolute atomic E-state index is 6.13. The molecule has 3 heterocycles. The van der Waals surface area contributed by atoms with Gasteiger partial charge in [0, 0.05) is 53.4 Å². The number of hydrogen-bond donors (Lipinski definition) is 0. The summed E-state index contributed by atoms with van der Waals surface area (Å²) in [4.78, 5) is 14.8. The molecule has 3 aromatic heterocycles. The van der Waals surface area contributed by atoms with Crippen LogP contribution in [0.25, 0.3) is 5.82 Å². The van der Waals surface area contributed by atoms with Gasteiger partial charge in [-0.2, -0.15) is 5.10 Å². The molecule has 0 aliphatic rings. The van der Waals surface area contributed by atoms with Gasteiger partial charge in [-0.05, 0) is 42.2 Å². The molecule has 0 aliphatic carbocycles. The Labute approximate surface area is 239 Å². The monoisotopic (exact) mass is 602 g/mol. The van der Waals surface area contributed by atoms with Crippen molar-refractivity contribution in [2.45, 2.75) is 0 Å². The smallest absolute Gasteiger partial charge is 0.501 e. The number of pyridine rings is 1. The molecule has 0 unspecified atom stereocenters. The Morgan fingerprint density at radius 3 is 1.97 bits per heavy atom. The molecule has 192 valence electrons. The van der Waals surface area contributed by atoms with Gasteiger partial charge in [-0.25, -0.2) is 9.97 Å². The van der Waals surface area contributed by atoms with Crippen LogP contribution in [0.5, 0.6) is 23.3 Å². The Balaban J connectivity index is 0.00000308. The Morgan fingerprint density at radius 1 is 0.641 bits per heavy atom. The number of ether oxygens (including phenoxy) is 2. The van der Waals surface area contributed by atoms with Gasteiger partial charge in [-0.1, -0.05) is 54.2 Å². The van der Waals surface area contributed by atoms with Crippen LogP contribution in [0.1, 0.15) is 0 Å². The molecule has 39 heavy (non-hydrogen) atoms. The number of benzene rings is 3. The maximum Gasteiger partial charge on any atom is 2.00 e. The number of para-hydroxylation sites is 2. The summed E-state index contributed by atoms with van der Waals surface area (Å²) < 4.78 is 13.8. The van der Waals surface area contributed by atoms with E-state index in [2.05, 4.69) is 37.1 Å². The van der Waals surface area contributed by atoms with Crippen LogP contribution in [0.4, 0.5) is 17.1 Å². The molecule has 9 heteroatoms. The second kappa shape index (κ2) is 12.1. The number of nitrogens with zero attached hydrogens (tertiary/aromatic N) is 6. The van der Waals surface area contributed by atoms with E-state index in [1.165, 1.54) is 6.33 Å². The van der Waals surface area contributed by atoms with Crippen LogP contribution in [-0.2, 0) is 20.4 Å². The fraction of sp³-hybridized carbons (Fsp3) is 0. The molecule has 0 bridgehead atoms. The molecule has 0 saturated carbocycles. The standard InChI is InChI=1S/C30H20N6O2.Pd/c1-3-10-23(11-4-1)36(24-12-5-2-6-13-24)25-18-26(37-29-14-7-8-15-31-29)20-27(19-25)38-30-21-28(32-22-33-30)35-17-9-16-34-35;/h1-19,22H;/q-2;+2. The van der Waals surface area contributed by atoms with E-state index in [0.717, 1.165) is 17.1 Å². The van der Waals surface area contributed by atoms with Gasteiger partial charge >= 0.3 is 20.4 Å². The van der Waals surface area contributed by atoms with Gasteiger partial charge in [0.2, 0.25) is 5.88 Å². The molecule has 6 rings (SSSR count). The summed E-state index contributed by atoms with van der Waals surface area (Å²) in [6.07, 6.45) is 6.50. The zero-order valence-electron chi connectivity index (χ0n) is 20.4. The van der Waals surface area contributed by atoms with Gasteiger partial charge in [-0.15, -0.1) is 12.1 Å². The predicted octanol–water partition coefficient (Wildman–Crippen LogP) is 6.71. The van der Waals surface area contributed by atoms with Crippen molar-refractivity contribution in [3.8, 4) is 29.1 Å². The SMILES string of the molecule is [Pd+2].[c-]1c(Oc2[c-]c(-n3cccn3)ncn2)cc(N(c2ccccc2)c2ccccc2)cc1Oc1ccccn1. The molecular formula is C30H20N6O2Pd. The van der Waals surface area contributed by atoms with Crippen LogP contribution >= 0.6 is 0 Å². The number of rotatable bonds is 8. The predicted molar refractivity (Wildman–Crippen MR) is 142 cm³/mol. The first-order valence-corrected chi connectivity index (χ1v) is 11.8. The summed E-state index contributed by atoms with van der Waals surface area (Å²) >= 11 is 0. The fourth-order valence-corrected chi connectivity index (χ4v) is 3.83. The van der Waals surface area contributed by atoms with Crippen molar-refractivity contribution >= 4 is 17.1 Å². The Hall–Kier alpha value is -4.84. The van der Waals surface area contributed by atoms with Gasteiger partial charge in [0.15, 0.2) is 0 Å². The molecular weight excluding hydrogens is 583 g/mol.